The van der Waals surface area contributed by atoms with Crippen LogP contribution < -0.4 is 5.32 Å². The molecule has 2 bridgehead atoms. The van der Waals surface area contributed by atoms with Crippen molar-refractivity contribution in [2.45, 2.75) is 12.8 Å². The summed E-state index contributed by atoms with van der Waals surface area (Å²) < 4.78 is 18.5. The van der Waals surface area contributed by atoms with Gasteiger partial charge in [-0.15, -0.1) is 0 Å². The van der Waals surface area contributed by atoms with Crippen LogP contribution in [0.5, 0.6) is 0 Å². The van der Waals surface area contributed by atoms with E-state index in [-0.39, 0.29) is 5.69 Å². The molecule has 1 saturated carbocycles. The smallest absolute Gasteiger partial charge is 0.411 e. The molecule has 3 unspecified atom stereocenters. The fraction of sp³-hybridized carbons (Fsp3) is 0.400. The Balaban J connectivity index is 1.50. The molecule has 0 aromatic heterocycles. The molecule has 2 aliphatic carbocycles. The fourth-order valence-corrected chi connectivity index (χ4v) is 2.98. The summed E-state index contributed by atoms with van der Waals surface area (Å²) in [6.45, 7) is 0.409. The maximum atomic E-state index is 13.3. The Morgan fingerprint density at radius 3 is 2.84 bits per heavy atom. The highest BCUT2D eigenvalue weighted by Gasteiger charge is 2.36. The third kappa shape index (κ3) is 2.62. The van der Waals surface area contributed by atoms with Crippen molar-refractivity contribution in [2.75, 3.05) is 11.9 Å². The van der Waals surface area contributed by atoms with E-state index in [1.807, 2.05) is 0 Å². The van der Waals surface area contributed by atoms with Crippen molar-refractivity contribution in [1.82, 2.24) is 0 Å². The van der Waals surface area contributed by atoms with E-state index in [4.69, 9.17) is 4.74 Å². The van der Waals surface area contributed by atoms with Gasteiger partial charge in [-0.1, -0.05) is 24.3 Å². The minimum Gasteiger partial charge on any atom is -0.449 e. The van der Waals surface area contributed by atoms with Crippen molar-refractivity contribution < 1.29 is 13.9 Å². The Bertz CT molecular complexity index is 515. The first-order valence-corrected chi connectivity index (χ1v) is 6.59. The molecule has 3 rings (SSSR count). The lowest BCUT2D eigenvalue weighted by molar-refractivity contribution is 0.133. The van der Waals surface area contributed by atoms with Crippen molar-refractivity contribution in [2.24, 2.45) is 17.8 Å². The van der Waals surface area contributed by atoms with E-state index < -0.39 is 11.9 Å². The number of hydrogen-bond acceptors (Lipinski definition) is 2. The molecule has 0 aliphatic heterocycles. The van der Waals surface area contributed by atoms with E-state index in [1.165, 1.54) is 18.6 Å². The van der Waals surface area contributed by atoms with E-state index in [9.17, 15) is 9.18 Å². The van der Waals surface area contributed by atoms with Crippen molar-refractivity contribution in [3.8, 4) is 0 Å². The topological polar surface area (TPSA) is 38.3 Å². The summed E-state index contributed by atoms with van der Waals surface area (Å²) in [5.41, 5.74) is 0.153. The van der Waals surface area contributed by atoms with Crippen LogP contribution in [-0.4, -0.2) is 12.7 Å². The molecule has 4 heteroatoms. The molecule has 1 aromatic rings. The lowest BCUT2D eigenvalue weighted by Gasteiger charge is -2.17. The maximum absolute atomic E-state index is 13.3. The van der Waals surface area contributed by atoms with E-state index in [1.54, 1.807) is 12.1 Å². The number of halogens is 1. The number of amides is 1. The van der Waals surface area contributed by atoms with Gasteiger partial charge in [0, 0.05) is 5.92 Å². The van der Waals surface area contributed by atoms with E-state index >= 15 is 0 Å². The Morgan fingerprint density at radius 1 is 1.32 bits per heavy atom. The minimum absolute atomic E-state index is 0.153. The molecule has 3 nitrogen and oxygen atoms in total. The number of rotatable bonds is 3. The standard InChI is InChI=1S/C15H16FNO2/c16-13-3-1-2-4-14(13)17-15(18)19-9-12-8-10-5-6-11(12)7-10/h1-6,10-12H,7-9H2,(H,17,18). The highest BCUT2D eigenvalue weighted by Crippen LogP contribution is 2.43. The van der Waals surface area contributed by atoms with Crippen LogP contribution in [0.15, 0.2) is 36.4 Å². The SMILES string of the molecule is O=C(Nc1ccccc1F)OCC1CC2C=CC1C2. The lowest BCUT2D eigenvalue weighted by atomic mass is 9.95. The second-order valence-electron chi connectivity index (χ2n) is 5.24. The molecular weight excluding hydrogens is 245 g/mol. The van der Waals surface area contributed by atoms with Crippen LogP contribution in [0.25, 0.3) is 0 Å². The first-order valence-electron chi connectivity index (χ1n) is 6.59. The molecule has 19 heavy (non-hydrogen) atoms. The number of allylic oxidation sites excluding steroid dienone is 2. The first kappa shape index (κ1) is 12.2. The molecule has 0 spiro atoms. The van der Waals surface area contributed by atoms with Gasteiger partial charge in [0.1, 0.15) is 5.82 Å². The Kier molecular flexibility index (Phi) is 3.23. The number of nitrogens with one attached hydrogen (secondary N) is 1. The zero-order chi connectivity index (χ0) is 13.2. The Morgan fingerprint density at radius 2 is 2.16 bits per heavy atom. The summed E-state index contributed by atoms with van der Waals surface area (Å²) in [5.74, 6) is 1.17. The third-order valence-electron chi connectivity index (χ3n) is 3.96. The number of benzene rings is 1. The van der Waals surface area contributed by atoms with E-state index in [0.717, 1.165) is 6.42 Å². The number of fused-ring (bicyclic) bond motifs is 2. The summed E-state index contributed by atoms with van der Waals surface area (Å²) in [6.07, 6.45) is 6.16. The maximum Gasteiger partial charge on any atom is 0.411 e. The summed E-state index contributed by atoms with van der Waals surface area (Å²) in [4.78, 5) is 11.6. The van der Waals surface area contributed by atoms with Crippen molar-refractivity contribution >= 4 is 11.8 Å². The van der Waals surface area contributed by atoms with Gasteiger partial charge >= 0.3 is 6.09 Å². The number of carbonyl (C=O) groups is 1. The number of anilines is 1. The molecule has 0 saturated heterocycles. The Labute approximate surface area is 111 Å². The molecule has 1 amide bonds. The van der Waals surface area contributed by atoms with Gasteiger partial charge in [-0.05, 0) is 36.8 Å². The van der Waals surface area contributed by atoms with Gasteiger partial charge in [0.15, 0.2) is 0 Å². The zero-order valence-electron chi connectivity index (χ0n) is 10.5. The molecule has 1 N–H and O–H groups in total. The van der Waals surface area contributed by atoms with Crippen molar-refractivity contribution in [3.63, 3.8) is 0 Å². The lowest BCUT2D eigenvalue weighted by Crippen LogP contribution is -2.21. The van der Waals surface area contributed by atoms with Gasteiger partial charge in [0.25, 0.3) is 0 Å². The van der Waals surface area contributed by atoms with Crippen LogP contribution in [-0.2, 0) is 4.74 Å². The van der Waals surface area contributed by atoms with Crippen LogP contribution in [0.1, 0.15) is 12.8 Å². The Hall–Kier alpha value is -1.84. The second-order valence-corrected chi connectivity index (χ2v) is 5.24. The van der Waals surface area contributed by atoms with Gasteiger partial charge in [0.2, 0.25) is 0 Å². The molecule has 100 valence electrons. The number of para-hydroxylation sites is 1. The van der Waals surface area contributed by atoms with Crippen LogP contribution >= 0.6 is 0 Å². The predicted octanol–water partition coefficient (Wildman–Crippen LogP) is 3.59. The highest BCUT2D eigenvalue weighted by molar-refractivity contribution is 5.84. The summed E-state index contributed by atoms with van der Waals surface area (Å²) >= 11 is 0. The molecule has 3 atom stereocenters. The summed E-state index contributed by atoms with van der Waals surface area (Å²) in [6, 6.07) is 6.06. The molecule has 0 heterocycles. The monoisotopic (exact) mass is 261 g/mol. The third-order valence-corrected chi connectivity index (χ3v) is 3.96. The average Bonchev–Trinajstić information content (AvgIpc) is 3.01. The average molecular weight is 261 g/mol. The molecular formula is C15H16FNO2. The molecule has 2 aliphatic rings. The van der Waals surface area contributed by atoms with Crippen molar-refractivity contribution in [3.05, 3.63) is 42.2 Å². The first-order chi connectivity index (χ1) is 9.22. The predicted molar refractivity (Wildman–Crippen MR) is 70.2 cm³/mol. The van der Waals surface area contributed by atoms with Crippen LogP contribution in [0.2, 0.25) is 0 Å². The normalized spacial score (nSPS) is 27.5. The molecule has 1 aromatic carbocycles. The van der Waals surface area contributed by atoms with Crippen molar-refractivity contribution in [1.29, 1.82) is 0 Å². The molecule has 0 radical (unpaired) electrons. The van der Waals surface area contributed by atoms with Gasteiger partial charge in [-0.25, -0.2) is 9.18 Å². The van der Waals surface area contributed by atoms with Gasteiger partial charge in [-0.2, -0.15) is 0 Å². The summed E-state index contributed by atoms with van der Waals surface area (Å²) in [7, 11) is 0. The van der Waals surface area contributed by atoms with E-state index in [0.29, 0.717) is 24.4 Å². The quantitative estimate of drug-likeness (QED) is 0.844. The van der Waals surface area contributed by atoms with Crippen LogP contribution in [0.4, 0.5) is 14.9 Å². The van der Waals surface area contributed by atoms with Gasteiger partial charge < -0.3 is 4.74 Å². The zero-order valence-corrected chi connectivity index (χ0v) is 10.5. The summed E-state index contributed by atoms with van der Waals surface area (Å²) in [5, 5.41) is 2.42. The van der Waals surface area contributed by atoms with Crippen LogP contribution in [0.3, 0.4) is 0 Å². The van der Waals surface area contributed by atoms with Gasteiger partial charge in [-0.3, -0.25) is 5.32 Å². The van der Waals surface area contributed by atoms with E-state index in [2.05, 4.69) is 17.5 Å². The van der Waals surface area contributed by atoms with Crippen LogP contribution in [0, 0.1) is 23.6 Å². The number of carbonyl (C=O) groups excluding carboxylic acids is 1. The fourth-order valence-electron chi connectivity index (χ4n) is 2.98. The second kappa shape index (κ2) is 5.03. The minimum atomic E-state index is -0.586. The highest BCUT2D eigenvalue weighted by atomic mass is 19.1. The number of hydrogen-bond donors (Lipinski definition) is 1. The molecule has 1 fully saturated rings. The number of ether oxygens (including phenoxy) is 1. The largest absolute Gasteiger partial charge is 0.449 e. The van der Waals surface area contributed by atoms with Gasteiger partial charge in [0.05, 0.1) is 12.3 Å².